The molecule has 0 aromatic rings. The SMILES string of the molecule is CC(CO)NCC1CCCCN1C. The fourth-order valence-electron chi connectivity index (χ4n) is 1.80. The Labute approximate surface area is 81.1 Å². The molecule has 1 fully saturated rings. The molecule has 1 heterocycles. The van der Waals surface area contributed by atoms with Crippen LogP contribution in [0.5, 0.6) is 0 Å². The van der Waals surface area contributed by atoms with Crippen LogP contribution in [-0.4, -0.2) is 48.8 Å². The molecule has 2 N–H and O–H groups in total. The highest BCUT2D eigenvalue weighted by molar-refractivity contribution is 4.77. The van der Waals surface area contributed by atoms with Gasteiger partial charge in [0.25, 0.3) is 0 Å². The third kappa shape index (κ3) is 3.63. The van der Waals surface area contributed by atoms with Crippen molar-refractivity contribution in [3.05, 3.63) is 0 Å². The molecule has 1 aliphatic heterocycles. The molecule has 3 nitrogen and oxygen atoms in total. The summed E-state index contributed by atoms with van der Waals surface area (Å²) in [6.07, 6.45) is 3.98. The molecular weight excluding hydrogens is 164 g/mol. The summed E-state index contributed by atoms with van der Waals surface area (Å²) in [4.78, 5) is 2.42. The molecule has 1 saturated heterocycles. The maximum Gasteiger partial charge on any atom is 0.0581 e. The van der Waals surface area contributed by atoms with Gasteiger partial charge < -0.3 is 15.3 Å². The first-order valence-corrected chi connectivity index (χ1v) is 5.28. The summed E-state index contributed by atoms with van der Waals surface area (Å²) in [6, 6.07) is 0.901. The van der Waals surface area contributed by atoms with Gasteiger partial charge in [-0.05, 0) is 33.4 Å². The topological polar surface area (TPSA) is 35.5 Å². The minimum Gasteiger partial charge on any atom is -0.395 e. The van der Waals surface area contributed by atoms with Gasteiger partial charge in [-0.1, -0.05) is 6.42 Å². The van der Waals surface area contributed by atoms with Crippen LogP contribution < -0.4 is 5.32 Å². The van der Waals surface area contributed by atoms with E-state index in [-0.39, 0.29) is 12.6 Å². The Kier molecular flexibility index (Phi) is 4.70. The van der Waals surface area contributed by atoms with Gasteiger partial charge in [-0.15, -0.1) is 0 Å². The lowest BCUT2D eigenvalue weighted by Gasteiger charge is -2.33. The predicted molar refractivity (Wildman–Crippen MR) is 54.8 cm³/mol. The first-order valence-electron chi connectivity index (χ1n) is 5.28. The molecule has 1 aliphatic rings. The third-order valence-electron chi connectivity index (χ3n) is 2.90. The Morgan fingerprint density at radius 2 is 2.31 bits per heavy atom. The second-order valence-corrected chi connectivity index (χ2v) is 4.12. The van der Waals surface area contributed by atoms with Gasteiger partial charge >= 0.3 is 0 Å². The Bertz CT molecular complexity index is 141. The lowest BCUT2D eigenvalue weighted by Crippen LogP contribution is -2.45. The number of nitrogens with zero attached hydrogens (tertiary/aromatic N) is 1. The van der Waals surface area contributed by atoms with Crippen molar-refractivity contribution in [2.45, 2.75) is 38.3 Å². The van der Waals surface area contributed by atoms with Crippen molar-refractivity contribution < 1.29 is 5.11 Å². The van der Waals surface area contributed by atoms with E-state index in [0.29, 0.717) is 6.04 Å². The standard InChI is InChI=1S/C10H22N2O/c1-9(8-13)11-7-10-5-3-4-6-12(10)2/h9-11,13H,3-8H2,1-2H3. The summed E-state index contributed by atoms with van der Waals surface area (Å²) in [5.41, 5.74) is 0. The molecule has 13 heavy (non-hydrogen) atoms. The van der Waals surface area contributed by atoms with E-state index in [2.05, 4.69) is 17.3 Å². The fourth-order valence-corrected chi connectivity index (χ4v) is 1.80. The van der Waals surface area contributed by atoms with Crippen LogP contribution in [0.3, 0.4) is 0 Å². The normalized spacial score (nSPS) is 27.5. The van der Waals surface area contributed by atoms with Crippen LogP contribution >= 0.6 is 0 Å². The first kappa shape index (κ1) is 11.0. The predicted octanol–water partition coefficient (Wildman–Crippen LogP) is 0.441. The van der Waals surface area contributed by atoms with Gasteiger partial charge in [0.15, 0.2) is 0 Å². The zero-order valence-corrected chi connectivity index (χ0v) is 8.79. The highest BCUT2D eigenvalue weighted by atomic mass is 16.3. The number of aliphatic hydroxyl groups excluding tert-OH is 1. The summed E-state index contributed by atoms with van der Waals surface area (Å²) in [5.74, 6) is 0. The van der Waals surface area contributed by atoms with Crippen molar-refractivity contribution >= 4 is 0 Å². The lowest BCUT2D eigenvalue weighted by molar-refractivity contribution is 0.170. The van der Waals surface area contributed by atoms with Gasteiger partial charge in [0.2, 0.25) is 0 Å². The smallest absolute Gasteiger partial charge is 0.0581 e. The molecule has 0 aromatic carbocycles. The third-order valence-corrected chi connectivity index (χ3v) is 2.90. The minimum atomic E-state index is 0.232. The summed E-state index contributed by atoms with van der Waals surface area (Å²) < 4.78 is 0. The first-order chi connectivity index (χ1) is 6.24. The zero-order chi connectivity index (χ0) is 9.68. The maximum absolute atomic E-state index is 8.85. The van der Waals surface area contributed by atoms with Crippen LogP contribution in [0.15, 0.2) is 0 Å². The van der Waals surface area contributed by atoms with Crippen LogP contribution in [0.2, 0.25) is 0 Å². The van der Waals surface area contributed by atoms with Crippen molar-refractivity contribution in [3.63, 3.8) is 0 Å². The number of rotatable bonds is 4. The van der Waals surface area contributed by atoms with E-state index in [1.165, 1.54) is 25.8 Å². The molecular formula is C10H22N2O. The molecule has 0 aliphatic carbocycles. The average molecular weight is 186 g/mol. The second-order valence-electron chi connectivity index (χ2n) is 4.12. The molecule has 0 saturated carbocycles. The van der Waals surface area contributed by atoms with Crippen LogP contribution in [0.25, 0.3) is 0 Å². The highest BCUT2D eigenvalue weighted by Crippen LogP contribution is 2.13. The number of piperidine rings is 1. The van der Waals surface area contributed by atoms with E-state index in [0.717, 1.165) is 6.54 Å². The number of aliphatic hydroxyl groups is 1. The molecule has 1 rings (SSSR count). The highest BCUT2D eigenvalue weighted by Gasteiger charge is 2.18. The van der Waals surface area contributed by atoms with E-state index in [4.69, 9.17) is 5.11 Å². The van der Waals surface area contributed by atoms with Gasteiger partial charge in [0.05, 0.1) is 6.61 Å². The van der Waals surface area contributed by atoms with E-state index in [9.17, 15) is 0 Å². The number of hydrogen-bond acceptors (Lipinski definition) is 3. The number of likely N-dealkylation sites (N-methyl/N-ethyl adjacent to an activating group) is 1. The van der Waals surface area contributed by atoms with Crippen LogP contribution in [-0.2, 0) is 0 Å². The minimum absolute atomic E-state index is 0.232. The van der Waals surface area contributed by atoms with E-state index in [1.807, 2.05) is 6.92 Å². The monoisotopic (exact) mass is 186 g/mol. The molecule has 0 radical (unpaired) electrons. The Morgan fingerprint density at radius 1 is 1.54 bits per heavy atom. The number of hydrogen-bond donors (Lipinski definition) is 2. The Morgan fingerprint density at radius 3 is 2.92 bits per heavy atom. The van der Waals surface area contributed by atoms with Gasteiger partial charge in [0, 0.05) is 18.6 Å². The molecule has 2 unspecified atom stereocenters. The van der Waals surface area contributed by atoms with E-state index in [1.54, 1.807) is 0 Å². The molecule has 0 amide bonds. The van der Waals surface area contributed by atoms with Crippen molar-refractivity contribution in [2.24, 2.45) is 0 Å². The largest absolute Gasteiger partial charge is 0.395 e. The van der Waals surface area contributed by atoms with Gasteiger partial charge in [-0.2, -0.15) is 0 Å². The van der Waals surface area contributed by atoms with Crippen molar-refractivity contribution in [1.82, 2.24) is 10.2 Å². The molecule has 0 aromatic heterocycles. The van der Waals surface area contributed by atoms with Gasteiger partial charge in [0.1, 0.15) is 0 Å². The van der Waals surface area contributed by atoms with Crippen LogP contribution in [0.4, 0.5) is 0 Å². The van der Waals surface area contributed by atoms with Crippen LogP contribution in [0, 0.1) is 0 Å². The van der Waals surface area contributed by atoms with Crippen molar-refractivity contribution in [1.29, 1.82) is 0 Å². The molecule has 78 valence electrons. The molecule has 0 spiro atoms. The summed E-state index contributed by atoms with van der Waals surface area (Å²) in [5, 5.41) is 12.2. The fraction of sp³-hybridized carbons (Fsp3) is 1.00. The molecule has 3 heteroatoms. The van der Waals surface area contributed by atoms with Gasteiger partial charge in [-0.3, -0.25) is 0 Å². The van der Waals surface area contributed by atoms with E-state index >= 15 is 0 Å². The quantitative estimate of drug-likeness (QED) is 0.669. The van der Waals surface area contributed by atoms with Crippen molar-refractivity contribution in [3.8, 4) is 0 Å². The number of likely N-dealkylation sites (tertiary alicyclic amines) is 1. The summed E-state index contributed by atoms with van der Waals surface area (Å²) >= 11 is 0. The molecule has 0 bridgehead atoms. The van der Waals surface area contributed by atoms with Crippen LogP contribution in [0.1, 0.15) is 26.2 Å². The second kappa shape index (κ2) is 5.58. The molecule has 2 atom stereocenters. The van der Waals surface area contributed by atoms with Gasteiger partial charge in [-0.25, -0.2) is 0 Å². The Balaban J connectivity index is 2.18. The van der Waals surface area contributed by atoms with Crippen molar-refractivity contribution in [2.75, 3.05) is 26.7 Å². The number of nitrogens with one attached hydrogen (secondary N) is 1. The maximum atomic E-state index is 8.85. The van der Waals surface area contributed by atoms with E-state index < -0.39 is 0 Å². The Hall–Kier alpha value is -0.120. The average Bonchev–Trinajstić information content (AvgIpc) is 2.16. The summed E-state index contributed by atoms with van der Waals surface area (Å²) in [6.45, 7) is 4.48. The zero-order valence-electron chi connectivity index (χ0n) is 8.79. The summed E-state index contributed by atoms with van der Waals surface area (Å²) in [7, 11) is 2.19. The lowest BCUT2D eigenvalue weighted by atomic mass is 10.0.